The van der Waals surface area contributed by atoms with Gasteiger partial charge < -0.3 is 0 Å². The minimum absolute atomic E-state index is 0.308. The lowest BCUT2D eigenvalue weighted by atomic mass is 10.1. The second-order valence-electron chi connectivity index (χ2n) is 5.06. The lowest BCUT2D eigenvalue weighted by Crippen LogP contribution is -1.96. The second kappa shape index (κ2) is 5.67. The highest BCUT2D eigenvalue weighted by molar-refractivity contribution is 7.15. The van der Waals surface area contributed by atoms with E-state index in [2.05, 4.69) is 15.5 Å². The molecule has 0 atom stereocenters. The smallest absolute Gasteiger partial charge is 0.195 e. The summed E-state index contributed by atoms with van der Waals surface area (Å²) < 4.78 is 2.05. The average molecular weight is 316 g/mol. The molecule has 0 saturated carbocycles. The third-order valence-electron chi connectivity index (χ3n) is 3.68. The van der Waals surface area contributed by atoms with Gasteiger partial charge in [0, 0.05) is 17.1 Å². The van der Waals surface area contributed by atoms with Gasteiger partial charge in [-0.1, -0.05) is 36.4 Å². The summed E-state index contributed by atoms with van der Waals surface area (Å²) in [6.07, 6.45) is 2.08. The molecule has 110 valence electrons. The van der Waals surface area contributed by atoms with Gasteiger partial charge in [-0.2, -0.15) is 5.26 Å². The quantitative estimate of drug-likeness (QED) is 0.569. The molecular weight excluding hydrogens is 304 g/mol. The summed E-state index contributed by atoms with van der Waals surface area (Å²) in [4.78, 5) is 10.1. The summed E-state index contributed by atoms with van der Waals surface area (Å²) in [5.41, 5.74) is 4.67. The Bertz CT molecular complexity index is 994. The zero-order valence-corrected chi connectivity index (χ0v) is 13.0. The minimum Gasteiger partial charge on any atom is -0.284 e. The Kier molecular flexibility index (Phi) is 3.37. The van der Waals surface area contributed by atoms with Gasteiger partial charge >= 0.3 is 0 Å². The van der Waals surface area contributed by atoms with Gasteiger partial charge in [-0.25, -0.2) is 4.98 Å². The van der Waals surface area contributed by atoms with Crippen molar-refractivity contribution >= 4 is 16.3 Å². The molecule has 0 bridgehead atoms. The number of pyridine rings is 1. The van der Waals surface area contributed by atoms with E-state index in [9.17, 15) is 5.26 Å². The fourth-order valence-electron chi connectivity index (χ4n) is 2.67. The number of rotatable bonds is 3. The van der Waals surface area contributed by atoms with E-state index in [-0.39, 0.29) is 0 Å². The highest BCUT2D eigenvalue weighted by atomic mass is 32.1. The Labute approximate surface area is 137 Å². The first kappa shape index (κ1) is 13.7. The highest BCUT2D eigenvalue weighted by Gasteiger charge is 2.18. The van der Waals surface area contributed by atoms with Crippen LogP contribution in [0.3, 0.4) is 0 Å². The third kappa shape index (κ3) is 2.30. The molecule has 0 aliphatic heterocycles. The van der Waals surface area contributed by atoms with E-state index in [1.165, 1.54) is 0 Å². The number of aromatic nitrogens is 3. The van der Waals surface area contributed by atoms with Gasteiger partial charge in [-0.05, 0) is 12.1 Å². The fourth-order valence-corrected chi connectivity index (χ4v) is 3.58. The predicted molar refractivity (Wildman–Crippen MR) is 91.1 cm³/mol. The SMILES string of the molecule is N#CCc1c(-c2ccccc2)nc2scc(-c3ccccn3)n12. The van der Waals surface area contributed by atoms with Crippen molar-refractivity contribution in [3.8, 4) is 28.7 Å². The van der Waals surface area contributed by atoms with Crippen LogP contribution in [0.15, 0.2) is 60.1 Å². The number of hydrogen-bond acceptors (Lipinski definition) is 4. The van der Waals surface area contributed by atoms with Crippen LogP contribution in [0, 0.1) is 11.3 Å². The summed E-state index contributed by atoms with van der Waals surface area (Å²) >= 11 is 1.57. The van der Waals surface area contributed by atoms with Crippen LogP contribution >= 0.6 is 11.3 Å². The molecule has 0 amide bonds. The van der Waals surface area contributed by atoms with E-state index in [4.69, 9.17) is 4.98 Å². The Morgan fingerprint density at radius 1 is 1.09 bits per heavy atom. The highest BCUT2D eigenvalue weighted by Crippen LogP contribution is 2.32. The summed E-state index contributed by atoms with van der Waals surface area (Å²) in [5.74, 6) is 0. The lowest BCUT2D eigenvalue weighted by molar-refractivity contribution is 1.07. The van der Waals surface area contributed by atoms with Crippen LogP contribution in [0.25, 0.3) is 27.6 Å². The molecule has 0 unspecified atom stereocenters. The van der Waals surface area contributed by atoms with Gasteiger partial charge in [-0.15, -0.1) is 11.3 Å². The van der Waals surface area contributed by atoms with Crippen LogP contribution in [0.2, 0.25) is 0 Å². The monoisotopic (exact) mass is 316 g/mol. The lowest BCUT2D eigenvalue weighted by Gasteiger charge is -2.04. The van der Waals surface area contributed by atoms with Crippen molar-refractivity contribution in [2.24, 2.45) is 0 Å². The maximum atomic E-state index is 9.26. The third-order valence-corrected chi connectivity index (χ3v) is 4.51. The van der Waals surface area contributed by atoms with Crippen molar-refractivity contribution in [1.82, 2.24) is 14.4 Å². The summed E-state index contributed by atoms with van der Waals surface area (Å²) in [5, 5.41) is 11.3. The van der Waals surface area contributed by atoms with E-state index >= 15 is 0 Å². The molecule has 5 heteroatoms. The van der Waals surface area contributed by atoms with Gasteiger partial charge in [0.15, 0.2) is 4.96 Å². The number of nitrogens with zero attached hydrogens (tertiary/aromatic N) is 4. The normalized spacial score (nSPS) is 10.7. The fraction of sp³-hybridized carbons (Fsp3) is 0.0556. The second-order valence-corrected chi connectivity index (χ2v) is 5.90. The number of imidazole rings is 1. The Morgan fingerprint density at radius 3 is 2.65 bits per heavy atom. The molecule has 0 N–H and O–H groups in total. The molecule has 0 aliphatic carbocycles. The zero-order valence-electron chi connectivity index (χ0n) is 12.2. The largest absolute Gasteiger partial charge is 0.284 e. The summed E-state index contributed by atoms with van der Waals surface area (Å²) in [6, 6.07) is 18.1. The molecule has 3 heterocycles. The maximum Gasteiger partial charge on any atom is 0.195 e. The van der Waals surface area contributed by atoms with Crippen LogP contribution in [-0.4, -0.2) is 14.4 Å². The first-order chi connectivity index (χ1) is 11.4. The minimum atomic E-state index is 0.308. The van der Waals surface area contributed by atoms with E-state index in [1.807, 2.05) is 53.9 Å². The van der Waals surface area contributed by atoms with E-state index in [0.29, 0.717) is 6.42 Å². The first-order valence-corrected chi connectivity index (χ1v) is 8.09. The van der Waals surface area contributed by atoms with Gasteiger partial charge in [0.1, 0.15) is 0 Å². The molecule has 0 spiro atoms. The molecule has 23 heavy (non-hydrogen) atoms. The topological polar surface area (TPSA) is 54.0 Å². The van der Waals surface area contributed by atoms with Crippen molar-refractivity contribution in [2.45, 2.75) is 6.42 Å². The van der Waals surface area contributed by atoms with E-state index < -0.39 is 0 Å². The molecule has 0 fully saturated rings. The zero-order chi connectivity index (χ0) is 15.6. The molecule has 4 rings (SSSR count). The molecule has 0 aliphatic rings. The number of fused-ring (bicyclic) bond motifs is 1. The number of benzene rings is 1. The molecular formula is C18H12N4S. The van der Waals surface area contributed by atoms with Gasteiger partial charge in [0.2, 0.25) is 0 Å². The molecule has 0 radical (unpaired) electrons. The number of thiazole rings is 1. The van der Waals surface area contributed by atoms with Gasteiger partial charge in [0.05, 0.1) is 35.3 Å². The number of nitriles is 1. The standard InChI is InChI=1S/C18H12N4S/c19-10-9-15-17(13-6-2-1-3-7-13)21-18-22(15)16(12-23-18)14-8-4-5-11-20-14/h1-8,11-12H,9H2. The van der Waals surface area contributed by atoms with Crippen molar-refractivity contribution in [1.29, 1.82) is 5.26 Å². The average Bonchev–Trinajstić information content (AvgIpc) is 3.17. The predicted octanol–water partition coefficient (Wildman–Crippen LogP) is 4.19. The van der Waals surface area contributed by atoms with E-state index in [0.717, 1.165) is 33.3 Å². The van der Waals surface area contributed by atoms with Gasteiger partial charge in [0.25, 0.3) is 0 Å². The summed E-state index contributed by atoms with van der Waals surface area (Å²) in [6.45, 7) is 0. The molecule has 3 aromatic heterocycles. The van der Waals surface area contributed by atoms with E-state index in [1.54, 1.807) is 17.5 Å². The first-order valence-electron chi connectivity index (χ1n) is 7.21. The maximum absolute atomic E-state index is 9.26. The Morgan fingerprint density at radius 2 is 1.91 bits per heavy atom. The van der Waals surface area contributed by atoms with Gasteiger partial charge in [-0.3, -0.25) is 9.38 Å². The van der Waals surface area contributed by atoms with Crippen LogP contribution in [0.5, 0.6) is 0 Å². The number of hydrogen-bond donors (Lipinski definition) is 0. The van der Waals surface area contributed by atoms with Crippen molar-refractivity contribution < 1.29 is 0 Å². The Balaban J connectivity index is 1.99. The van der Waals surface area contributed by atoms with Crippen LogP contribution in [0.4, 0.5) is 0 Å². The van der Waals surface area contributed by atoms with Crippen molar-refractivity contribution in [3.63, 3.8) is 0 Å². The van der Waals surface area contributed by atoms with Crippen LogP contribution in [-0.2, 0) is 6.42 Å². The summed E-state index contributed by atoms with van der Waals surface area (Å²) in [7, 11) is 0. The molecule has 4 nitrogen and oxygen atoms in total. The Hall–Kier alpha value is -2.97. The molecule has 4 aromatic rings. The molecule has 1 aromatic carbocycles. The van der Waals surface area contributed by atoms with Crippen LogP contribution in [0.1, 0.15) is 5.69 Å². The van der Waals surface area contributed by atoms with Crippen molar-refractivity contribution in [3.05, 3.63) is 65.8 Å². The van der Waals surface area contributed by atoms with Crippen molar-refractivity contribution in [2.75, 3.05) is 0 Å². The van der Waals surface area contributed by atoms with Crippen LogP contribution < -0.4 is 0 Å². The molecule has 0 saturated heterocycles.